The summed E-state index contributed by atoms with van der Waals surface area (Å²) in [7, 11) is 1.47. The van der Waals surface area contributed by atoms with Crippen LogP contribution in [-0.2, 0) is 4.79 Å². The van der Waals surface area contributed by atoms with E-state index in [1.54, 1.807) is 0 Å². The Hall–Kier alpha value is -1.26. The molecule has 0 aromatic rings. The van der Waals surface area contributed by atoms with E-state index in [4.69, 9.17) is 5.11 Å². The van der Waals surface area contributed by atoms with E-state index in [-0.39, 0.29) is 11.4 Å². The van der Waals surface area contributed by atoms with Crippen molar-refractivity contribution in [2.45, 2.75) is 33.7 Å². The number of likely N-dealkylation sites (N-methyl/N-ethyl adjacent to an activating group) is 1. The number of carbonyl (C=O) groups is 2. The minimum Gasteiger partial charge on any atom is -0.480 e. The number of carboxylic acids is 1. The standard InChI is InChI=1S/C10H20N2O3/c1-7(8(13)14)12(5)9(15)11-6-10(2,3)4/h7H,6H2,1-5H3,(H,11,15)(H,13,14). The van der Waals surface area contributed by atoms with Gasteiger partial charge in [0.05, 0.1) is 0 Å². The number of hydrogen-bond acceptors (Lipinski definition) is 2. The van der Waals surface area contributed by atoms with Crippen LogP contribution in [0.4, 0.5) is 4.79 Å². The van der Waals surface area contributed by atoms with Crippen LogP contribution < -0.4 is 5.32 Å². The van der Waals surface area contributed by atoms with Gasteiger partial charge < -0.3 is 15.3 Å². The summed E-state index contributed by atoms with van der Waals surface area (Å²) in [6, 6.07) is -1.18. The highest BCUT2D eigenvalue weighted by atomic mass is 16.4. The van der Waals surface area contributed by atoms with Crippen molar-refractivity contribution in [2.24, 2.45) is 5.41 Å². The fourth-order valence-corrected chi connectivity index (χ4v) is 0.807. The van der Waals surface area contributed by atoms with Crippen molar-refractivity contribution in [1.29, 1.82) is 0 Å². The number of carbonyl (C=O) groups excluding carboxylic acids is 1. The maximum atomic E-state index is 11.5. The quantitative estimate of drug-likeness (QED) is 0.743. The number of aliphatic carboxylic acids is 1. The molecule has 1 atom stereocenters. The van der Waals surface area contributed by atoms with E-state index >= 15 is 0 Å². The molecule has 1 unspecified atom stereocenters. The van der Waals surface area contributed by atoms with Gasteiger partial charge in [-0.05, 0) is 12.3 Å². The van der Waals surface area contributed by atoms with Gasteiger partial charge in [0, 0.05) is 13.6 Å². The van der Waals surface area contributed by atoms with Crippen LogP contribution >= 0.6 is 0 Å². The number of amides is 2. The van der Waals surface area contributed by atoms with Gasteiger partial charge in [-0.25, -0.2) is 9.59 Å². The predicted octanol–water partition coefficient (Wildman–Crippen LogP) is 1.15. The third-order valence-electron chi connectivity index (χ3n) is 2.03. The third-order valence-corrected chi connectivity index (χ3v) is 2.03. The van der Waals surface area contributed by atoms with Gasteiger partial charge in [0.2, 0.25) is 0 Å². The van der Waals surface area contributed by atoms with Gasteiger partial charge in [0.1, 0.15) is 6.04 Å². The van der Waals surface area contributed by atoms with Crippen LogP contribution in [-0.4, -0.2) is 41.6 Å². The minimum absolute atomic E-state index is 0.0110. The van der Waals surface area contributed by atoms with E-state index in [1.807, 2.05) is 20.8 Å². The maximum Gasteiger partial charge on any atom is 0.326 e. The lowest BCUT2D eigenvalue weighted by molar-refractivity contribution is -0.141. The Labute approximate surface area is 90.5 Å². The fraction of sp³-hybridized carbons (Fsp3) is 0.800. The molecule has 88 valence electrons. The number of hydrogen-bond donors (Lipinski definition) is 2. The summed E-state index contributed by atoms with van der Waals surface area (Å²) < 4.78 is 0. The number of rotatable bonds is 3. The second-order valence-corrected chi connectivity index (χ2v) is 4.84. The fourth-order valence-electron chi connectivity index (χ4n) is 0.807. The molecule has 0 heterocycles. The Morgan fingerprint density at radius 1 is 1.40 bits per heavy atom. The zero-order valence-corrected chi connectivity index (χ0v) is 10.00. The maximum absolute atomic E-state index is 11.5. The Kier molecular flexibility index (Phi) is 4.58. The Morgan fingerprint density at radius 3 is 2.20 bits per heavy atom. The monoisotopic (exact) mass is 216 g/mol. The third kappa shape index (κ3) is 5.24. The lowest BCUT2D eigenvalue weighted by Gasteiger charge is -2.25. The SMILES string of the molecule is CC(C(=O)O)N(C)C(=O)NCC(C)(C)C. The van der Waals surface area contributed by atoms with Crippen LogP contribution in [0.25, 0.3) is 0 Å². The molecular formula is C10H20N2O3. The van der Waals surface area contributed by atoms with E-state index in [0.717, 1.165) is 0 Å². The molecule has 0 spiro atoms. The van der Waals surface area contributed by atoms with Crippen molar-refractivity contribution >= 4 is 12.0 Å². The summed E-state index contributed by atoms with van der Waals surface area (Å²) in [5, 5.41) is 11.4. The van der Waals surface area contributed by atoms with E-state index < -0.39 is 12.0 Å². The Bertz CT molecular complexity index is 246. The van der Waals surface area contributed by atoms with Crippen molar-refractivity contribution in [1.82, 2.24) is 10.2 Å². The number of nitrogens with zero attached hydrogens (tertiary/aromatic N) is 1. The Morgan fingerprint density at radius 2 is 1.87 bits per heavy atom. The van der Waals surface area contributed by atoms with Crippen LogP contribution in [0.1, 0.15) is 27.7 Å². The molecule has 0 fully saturated rings. The molecule has 0 aliphatic heterocycles. The lowest BCUT2D eigenvalue weighted by atomic mass is 9.97. The first-order valence-electron chi connectivity index (χ1n) is 4.88. The molecule has 2 amide bonds. The lowest BCUT2D eigenvalue weighted by Crippen LogP contribution is -2.47. The molecule has 0 radical (unpaired) electrons. The van der Waals surface area contributed by atoms with Gasteiger partial charge in [0.25, 0.3) is 0 Å². The van der Waals surface area contributed by atoms with Crippen LogP contribution in [0.2, 0.25) is 0 Å². The van der Waals surface area contributed by atoms with Crippen molar-refractivity contribution in [2.75, 3.05) is 13.6 Å². The normalized spacial score (nSPS) is 13.1. The zero-order valence-electron chi connectivity index (χ0n) is 10.00. The molecule has 0 aromatic heterocycles. The van der Waals surface area contributed by atoms with Gasteiger partial charge in [0.15, 0.2) is 0 Å². The van der Waals surface area contributed by atoms with E-state index in [1.165, 1.54) is 18.9 Å². The van der Waals surface area contributed by atoms with Gasteiger partial charge in [-0.15, -0.1) is 0 Å². The summed E-state index contributed by atoms with van der Waals surface area (Å²) in [5.41, 5.74) is -0.0110. The summed E-state index contributed by atoms with van der Waals surface area (Å²) in [5.74, 6) is -1.01. The highest BCUT2D eigenvalue weighted by Crippen LogP contribution is 2.10. The molecule has 0 saturated carbocycles. The molecule has 2 N–H and O–H groups in total. The molecule has 0 aliphatic carbocycles. The molecule has 0 rings (SSSR count). The van der Waals surface area contributed by atoms with Crippen molar-refractivity contribution in [3.63, 3.8) is 0 Å². The first kappa shape index (κ1) is 13.7. The summed E-state index contributed by atoms with van der Waals surface area (Å²) >= 11 is 0. The van der Waals surface area contributed by atoms with Gasteiger partial charge in [-0.1, -0.05) is 20.8 Å². The molecule has 0 bridgehead atoms. The van der Waals surface area contributed by atoms with E-state index in [2.05, 4.69) is 5.32 Å². The largest absolute Gasteiger partial charge is 0.480 e. The summed E-state index contributed by atoms with van der Waals surface area (Å²) in [6.07, 6.45) is 0. The Balaban J connectivity index is 4.17. The van der Waals surface area contributed by atoms with Crippen LogP contribution in [0.3, 0.4) is 0 Å². The molecule has 5 heteroatoms. The van der Waals surface area contributed by atoms with Crippen molar-refractivity contribution in [3.8, 4) is 0 Å². The average Bonchev–Trinajstić information content (AvgIpc) is 2.10. The van der Waals surface area contributed by atoms with Crippen LogP contribution in [0.5, 0.6) is 0 Å². The van der Waals surface area contributed by atoms with Gasteiger partial charge >= 0.3 is 12.0 Å². The molecular weight excluding hydrogens is 196 g/mol. The van der Waals surface area contributed by atoms with E-state index in [0.29, 0.717) is 6.54 Å². The zero-order chi connectivity index (χ0) is 12.2. The summed E-state index contributed by atoms with van der Waals surface area (Å²) in [4.78, 5) is 23.3. The molecule has 5 nitrogen and oxygen atoms in total. The van der Waals surface area contributed by atoms with Crippen LogP contribution in [0, 0.1) is 5.41 Å². The number of urea groups is 1. The molecule has 0 aromatic carbocycles. The van der Waals surface area contributed by atoms with Crippen LogP contribution in [0.15, 0.2) is 0 Å². The minimum atomic E-state index is -1.01. The first-order valence-corrected chi connectivity index (χ1v) is 4.88. The van der Waals surface area contributed by atoms with E-state index in [9.17, 15) is 9.59 Å². The highest BCUT2D eigenvalue weighted by Gasteiger charge is 2.22. The van der Waals surface area contributed by atoms with Crippen molar-refractivity contribution in [3.05, 3.63) is 0 Å². The van der Waals surface area contributed by atoms with Crippen molar-refractivity contribution < 1.29 is 14.7 Å². The average molecular weight is 216 g/mol. The number of carboxylic acid groups (broad SMARTS) is 1. The molecule has 0 aliphatic rings. The van der Waals surface area contributed by atoms with Gasteiger partial charge in [-0.3, -0.25) is 0 Å². The first-order chi connectivity index (χ1) is 6.65. The number of nitrogens with one attached hydrogen (secondary N) is 1. The second-order valence-electron chi connectivity index (χ2n) is 4.84. The second kappa shape index (κ2) is 5.00. The molecule has 15 heavy (non-hydrogen) atoms. The smallest absolute Gasteiger partial charge is 0.326 e. The predicted molar refractivity (Wildman–Crippen MR) is 57.7 cm³/mol. The molecule has 0 saturated heterocycles. The van der Waals surface area contributed by atoms with Gasteiger partial charge in [-0.2, -0.15) is 0 Å². The highest BCUT2D eigenvalue weighted by molar-refractivity contribution is 5.82. The summed E-state index contributed by atoms with van der Waals surface area (Å²) in [6.45, 7) is 7.97. The topological polar surface area (TPSA) is 69.6 Å².